The first-order valence-electron chi connectivity index (χ1n) is 9.83. The number of amides is 2. The highest BCUT2D eigenvalue weighted by Gasteiger charge is 2.44. The lowest BCUT2D eigenvalue weighted by Gasteiger charge is -2.46. The predicted octanol–water partition coefficient (Wildman–Crippen LogP) is 1.71. The average molecular weight is 379 g/mol. The molecule has 1 fully saturated rings. The number of piperidine rings is 1. The van der Waals surface area contributed by atoms with E-state index >= 15 is 0 Å². The van der Waals surface area contributed by atoms with Gasteiger partial charge in [-0.15, -0.1) is 0 Å². The van der Waals surface area contributed by atoms with Crippen LogP contribution in [0.3, 0.4) is 0 Å². The quantitative estimate of drug-likeness (QED) is 0.879. The maximum Gasteiger partial charge on any atom is 0.251 e. The van der Waals surface area contributed by atoms with E-state index < -0.39 is 6.04 Å². The van der Waals surface area contributed by atoms with Crippen molar-refractivity contribution in [1.29, 1.82) is 0 Å². The van der Waals surface area contributed by atoms with Gasteiger partial charge in [0, 0.05) is 50.2 Å². The first-order valence-corrected chi connectivity index (χ1v) is 9.83. The van der Waals surface area contributed by atoms with Gasteiger partial charge >= 0.3 is 0 Å². The summed E-state index contributed by atoms with van der Waals surface area (Å²) in [6.45, 7) is 3.21. The van der Waals surface area contributed by atoms with Crippen LogP contribution < -0.4 is 10.9 Å². The van der Waals surface area contributed by atoms with Gasteiger partial charge in [0.2, 0.25) is 11.8 Å². The lowest BCUT2D eigenvalue weighted by Crippen LogP contribution is -2.54. The maximum atomic E-state index is 13.1. The van der Waals surface area contributed by atoms with Crippen molar-refractivity contribution in [3.63, 3.8) is 0 Å². The van der Waals surface area contributed by atoms with Crippen LogP contribution in [0.5, 0.6) is 0 Å². The summed E-state index contributed by atoms with van der Waals surface area (Å²) >= 11 is 0. The molecule has 0 radical (unpaired) electrons. The molecule has 3 atom stereocenters. The van der Waals surface area contributed by atoms with Gasteiger partial charge in [-0.3, -0.25) is 19.0 Å². The van der Waals surface area contributed by atoms with Gasteiger partial charge in [-0.25, -0.2) is 0 Å². The highest BCUT2D eigenvalue weighted by Crippen LogP contribution is 2.41. The predicted molar refractivity (Wildman–Crippen MR) is 106 cm³/mol. The normalized spacial score (nSPS) is 23.0. The van der Waals surface area contributed by atoms with Crippen LogP contribution >= 0.6 is 0 Å². The van der Waals surface area contributed by atoms with E-state index in [4.69, 9.17) is 0 Å². The largest absolute Gasteiger partial charge is 0.354 e. The molecule has 1 aromatic carbocycles. The Labute approximate surface area is 164 Å². The van der Waals surface area contributed by atoms with Crippen LogP contribution in [0.4, 0.5) is 0 Å². The molecular weight excluding hydrogens is 354 g/mol. The van der Waals surface area contributed by atoms with Crippen molar-refractivity contribution in [2.45, 2.75) is 31.7 Å². The molecule has 0 spiro atoms. The van der Waals surface area contributed by atoms with Crippen LogP contribution in [-0.4, -0.2) is 40.9 Å². The van der Waals surface area contributed by atoms with Crippen molar-refractivity contribution in [2.24, 2.45) is 5.92 Å². The highest BCUT2D eigenvalue weighted by molar-refractivity contribution is 5.81. The molecule has 6 heteroatoms. The minimum Gasteiger partial charge on any atom is -0.354 e. The van der Waals surface area contributed by atoms with Gasteiger partial charge < -0.3 is 10.2 Å². The third kappa shape index (κ3) is 3.46. The molecule has 1 N–H and O–H groups in total. The summed E-state index contributed by atoms with van der Waals surface area (Å²) in [4.78, 5) is 39.5. The Morgan fingerprint density at radius 3 is 2.61 bits per heavy atom. The summed E-state index contributed by atoms with van der Waals surface area (Å²) in [6.07, 6.45) is 1.56. The van der Waals surface area contributed by atoms with Crippen LogP contribution in [0.2, 0.25) is 0 Å². The zero-order chi connectivity index (χ0) is 19.7. The molecule has 28 heavy (non-hydrogen) atoms. The van der Waals surface area contributed by atoms with Gasteiger partial charge in [0.25, 0.3) is 5.56 Å². The number of nitrogens with one attached hydrogen (secondary N) is 1. The smallest absolute Gasteiger partial charge is 0.251 e. The number of hydrogen-bond donors (Lipinski definition) is 1. The maximum absolute atomic E-state index is 13.1. The number of likely N-dealkylation sites (tertiary alicyclic amines) is 1. The molecule has 2 aliphatic rings. The number of carbonyl (C=O) groups excluding carboxylic acids is 2. The Bertz CT molecular complexity index is 938. The third-order valence-corrected chi connectivity index (χ3v) is 5.92. The number of fused-ring (bicyclic) bond motifs is 4. The summed E-state index contributed by atoms with van der Waals surface area (Å²) in [5.41, 5.74) is 1.87. The van der Waals surface area contributed by atoms with E-state index in [-0.39, 0.29) is 29.2 Å². The molecule has 146 valence electrons. The second kappa shape index (κ2) is 7.62. The van der Waals surface area contributed by atoms with E-state index in [0.717, 1.165) is 24.1 Å². The van der Waals surface area contributed by atoms with Gasteiger partial charge in [-0.1, -0.05) is 36.4 Å². The monoisotopic (exact) mass is 379 g/mol. The van der Waals surface area contributed by atoms with Crippen LogP contribution in [0.25, 0.3) is 0 Å². The minimum absolute atomic E-state index is 0.0182. The number of hydrogen-bond acceptors (Lipinski definition) is 3. The van der Waals surface area contributed by atoms with E-state index in [9.17, 15) is 14.4 Å². The van der Waals surface area contributed by atoms with Crippen LogP contribution in [0.15, 0.2) is 53.3 Å². The van der Waals surface area contributed by atoms with Crippen LogP contribution in [-0.2, 0) is 16.0 Å². The Kier molecular flexibility index (Phi) is 5.03. The highest BCUT2D eigenvalue weighted by atomic mass is 16.2. The number of rotatable bonds is 4. The van der Waals surface area contributed by atoms with Gasteiger partial charge in [0.05, 0.1) is 0 Å². The molecule has 6 nitrogen and oxygen atoms in total. The number of carbonyl (C=O) groups is 2. The standard InChI is InChI=1S/C22H25N3O3/c1-15(26)24-13-17-12-18(14-24)21(25-19(17)8-5-9-20(25)27)22(28)23-11-10-16-6-3-2-4-7-16/h2-9,17-18,21H,10-14H2,1H3,(H,23,28)/t17-,18+,21-/m1/s1. The lowest BCUT2D eigenvalue weighted by atomic mass is 9.78. The van der Waals surface area contributed by atoms with Crippen molar-refractivity contribution in [1.82, 2.24) is 14.8 Å². The van der Waals surface area contributed by atoms with Crippen molar-refractivity contribution in [2.75, 3.05) is 19.6 Å². The average Bonchev–Trinajstić information content (AvgIpc) is 2.69. The summed E-state index contributed by atoms with van der Waals surface area (Å²) in [5, 5.41) is 3.01. The van der Waals surface area contributed by atoms with E-state index in [1.807, 2.05) is 41.3 Å². The molecule has 2 bridgehead atoms. The van der Waals surface area contributed by atoms with Gasteiger partial charge in [0.1, 0.15) is 6.04 Å². The van der Waals surface area contributed by atoms with Gasteiger partial charge in [0.15, 0.2) is 0 Å². The molecule has 2 aliphatic heterocycles. The van der Waals surface area contributed by atoms with Crippen molar-refractivity contribution in [3.05, 3.63) is 70.1 Å². The SMILES string of the molecule is CC(=O)N1C[C@H]2C[C@@H](C1)[C@H](C(=O)NCCc1ccccc1)n1c2cccc1=O. The summed E-state index contributed by atoms with van der Waals surface area (Å²) < 4.78 is 1.66. The van der Waals surface area contributed by atoms with Gasteiger partial charge in [-0.05, 0) is 24.5 Å². The minimum atomic E-state index is -0.571. The van der Waals surface area contributed by atoms with Crippen LogP contribution in [0, 0.1) is 5.92 Å². The first-order chi connectivity index (χ1) is 13.5. The van der Waals surface area contributed by atoms with E-state index in [2.05, 4.69) is 5.32 Å². The number of nitrogens with zero attached hydrogens (tertiary/aromatic N) is 2. The van der Waals surface area contributed by atoms with E-state index in [1.54, 1.807) is 17.6 Å². The molecule has 2 amide bonds. The third-order valence-electron chi connectivity index (χ3n) is 5.92. The molecule has 2 aromatic rings. The zero-order valence-corrected chi connectivity index (χ0v) is 16.0. The molecule has 0 aliphatic carbocycles. The second-order valence-electron chi connectivity index (χ2n) is 7.75. The molecular formula is C22H25N3O3. The zero-order valence-electron chi connectivity index (χ0n) is 16.0. The van der Waals surface area contributed by atoms with Gasteiger partial charge in [-0.2, -0.15) is 0 Å². The molecule has 0 unspecified atom stereocenters. The van der Waals surface area contributed by atoms with Crippen molar-refractivity contribution in [3.8, 4) is 0 Å². The van der Waals surface area contributed by atoms with Crippen LogP contribution in [0.1, 0.15) is 36.6 Å². The number of pyridine rings is 1. The Hall–Kier alpha value is -2.89. The number of benzene rings is 1. The summed E-state index contributed by atoms with van der Waals surface area (Å²) in [7, 11) is 0. The lowest BCUT2D eigenvalue weighted by molar-refractivity contribution is -0.135. The fraction of sp³-hybridized carbons (Fsp3) is 0.409. The van der Waals surface area contributed by atoms with E-state index in [0.29, 0.717) is 19.6 Å². The summed E-state index contributed by atoms with van der Waals surface area (Å²) in [5.74, 6) is -0.0686. The fourth-order valence-electron chi connectivity index (χ4n) is 4.61. The molecule has 3 heterocycles. The first kappa shape index (κ1) is 18.5. The molecule has 0 saturated carbocycles. The Morgan fingerprint density at radius 1 is 1.07 bits per heavy atom. The topological polar surface area (TPSA) is 71.4 Å². The van der Waals surface area contributed by atoms with Crippen molar-refractivity contribution >= 4 is 11.8 Å². The number of aromatic nitrogens is 1. The summed E-state index contributed by atoms with van der Waals surface area (Å²) in [6, 6.07) is 14.6. The van der Waals surface area contributed by atoms with E-state index in [1.165, 1.54) is 6.07 Å². The second-order valence-corrected chi connectivity index (χ2v) is 7.75. The molecule has 4 rings (SSSR count). The Morgan fingerprint density at radius 2 is 1.86 bits per heavy atom. The fourth-order valence-corrected chi connectivity index (χ4v) is 4.61. The van der Waals surface area contributed by atoms with Crippen molar-refractivity contribution < 1.29 is 9.59 Å². The molecule has 1 saturated heterocycles. The molecule has 1 aromatic heterocycles. The Balaban J connectivity index is 1.57.